The van der Waals surface area contributed by atoms with E-state index in [4.69, 9.17) is 5.11 Å². The van der Waals surface area contributed by atoms with Gasteiger partial charge in [0.05, 0.1) is 0 Å². The Bertz CT molecular complexity index is 99.7. The smallest absolute Gasteiger partial charge is 1.00 e. The molecule has 9 heavy (non-hydrogen) atoms. The number of carbonyl (C=O) groups is 2. The van der Waals surface area contributed by atoms with Crippen LogP contribution in [0.25, 0.3) is 0 Å². The summed E-state index contributed by atoms with van der Waals surface area (Å²) in [6.45, 7) is 0. The molecule has 0 amide bonds. The maximum absolute atomic E-state index is 9.76. The topological polar surface area (TPSA) is 54.4 Å². The predicted octanol–water partition coefficient (Wildman–Crippen LogP) is 0.284. The Kier molecular flexibility index (Phi) is 11.3. The SMILES string of the molecule is O=CCCCC(=O)O.[Ca+2].[H-].[H-]. The molecule has 0 spiro atoms. The van der Waals surface area contributed by atoms with Crippen LogP contribution >= 0.6 is 0 Å². The summed E-state index contributed by atoms with van der Waals surface area (Å²) in [5.41, 5.74) is 0. The van der Waals surface area contributed by atoms with Crippen LogP contribution in [0.2, 0.25) is 0 Å². The molecule has 0 aromatic heterocycles. The van der Waals surface area contributed by atoms with Crippen LogP contribution in [0, 0.1) is 0 Å². The van der Waals surface area contributed by atoms with E-state index < -0.39 is 5.97 Å². The zero-order chi connectivity index (χ0) is 6.41. The number of rotatable bonds is 4. The van der Waals surface area contributed by atoms with E-state index in [-0.39, 0.29) is 47.0 Å². The molecule has 50 valence electrons. The summed E-state index contributed by atoms with van der Waals surface area (Å²) in [5, 5.41) is 8.02. The van der Waals surface area contributed by atoms with E-state index in [2.05, 4.69) is 0 Å². The van der Waals surface area contributed by atoms with E-state index in [0.29, 0.717) is 12.8 Å². The average molecular weight is 158 g/mol. The van der Waals surface area contributed by atoms with E-state index in [1.807, 2.05) is 0 Å². The van der Waals surface area contributed by atoms with E-state index in [1.165, 1.54) is 0 Å². The molecule has 0 radical (unpaired) electrons. The first-order valence-electron chi connectivity index (χ1n) is 2.43. The molecule has 3 nitrogen and oxygen atoms in total. The normalized spacial score (nSPS) is 7.56. The van der Waals surface area contributed by atoms with Crippen LogP contribution in [0.1, 0.15) is 22.1 Å². The van der Waals surface area contributed by atoms with Crippen molar-refractivity contribution in [1.29, 1.82) is 0 Å². The maximum atomic E-state index is 9.76. The molecule has 0 aliphatic heterocycles. The molecule has 0 bridgehead atoms. The van der Waals surface area contributed by atoms with E-state index >= 15 is 0 Å². The molecule has 0 saturated heterocycles. The molecule has 0 aromatic rings. The molecule has 0 aliphatic carbocycles. The Morgan fingerprint density at radius 1 is 1.67 bits per heavy atom. The summed E-state index contributed by atoms with van der Waals surface area (Å²) >= 11 is 0. The van der Waals surface area contributed by atoms with Gasteiger partial charge in [-0.15, -0.1) is 0 Å². The molecule has 0 aromatic carbocycles. The first kappa shape index (κ1) is 12.1. The van der Waals surface area contributed by atoms with Crippen molar-refractivity contribution in [2.75, 3.05) is 0 Å². The van der Waals surface area contributed by atoms with Crippen molar-refractivity contribution in [3.8, 4) is 0 Å². The van der Waals surface area contributed by atoms with Gasteiger partial charge in [0.2, 0.25) is 0 Å². The van der Waals surface area contributed by atoms with Gasteiger partial charge >= 0.3 is 43.7 Å². The molecular weight excluding hydrogens is 148 g/mol. The second-order valence-corrected chi connectivity index (χ2v) is 1.45. The van der Waals surface area contributed by atoms with E-state index in [9.17, 15) is 9.59 Å². The molecule has 0 rings (SSSR count). The van der Waals surface area contributed by atoms with Crippen molar-refractivity contribution in [2.45, 2.75) is 19.3 Å². The molecule has 1 N–H and O–H groups in total. The predicted molar refractivity (Wildman–Crippen MR) is 35.5 cm³/mol. The maximum Gasteiger partial charge on any atom is 2.00 e. The summed E-state index contributed by atoms with van der Waals surface area (Å²) in [6, 6.07) is 0. The summed E-state index contributed by atoms with van der Waals surface area (Å²) in [7, 11) is 0. The van der Waals surface area contributed by atoms with Gasteiger partial charge in [-0.05, 0) is 6.42 Å². The van der Waals surface area contributed by atoms with Gasteiger partial charge in [-0.1, -0.05) is 0 Å². The van der Waals surface area contributed by atoms with Crippen molar-refractivity contribution in [3.05, 3.63) is 0 Å². The zero-order valence-corrected chi connectivity index (χ0v) is 7.38. The largest absolute Gasteiger partial charge is 2.00 e. The van der Waals surface area contributed by atoms with Crippen LogP contribution in [-0.2, 0) is 9.59 Å². The summed E-state index contributed by atoms with van der Waals surface area (Å²) in [6.07, 6.45) is 1.63. The standard InChI is InChI=1S/C5H8O3.Ca.2H/c6-4-2-1-3-5(7)8;;;/h4H,1-3H2,(H,7,8);;;/q;+2;2*-1. The Morgan fingerprint density at radius 2 is 2.22 bits per heavy atom. The first-order valence-corrected chi connectivity index (χ1v) is 2.43. The number of aliphatic carboxylic acids is 1. The molecule has 0 atom stereocenters. The fourth-order valence-electron chi connectivity index (χ4n) is 0.337. The van der Waals surface area contributed by atoms with Crippen molar-refractivity contribution in [2.24, 2.45) is 0 Å². The van der Waals surface area contributed by atoms with Gasteiger partial charge < -0.3 is 12.8 Å². The minimum atomic E-state index is -0.841. The average Bonchev–Trinajstić information content (AvgIpc) is 1.66. The number of hydrogen-bond donors (Lipinski definition) is 1. The van der Waals surface area contributed by atoms with Gasteiger partial charge in [-0.3, -0.25) is 4.79 Å². The molecule has 0 saturated carbocycles. The second kappa shape index (κ2) is 8.40. The molecular formula is C5H10CaO3. The van der Waals surface area contributed by atoms with Gasteiger partial charge in [0, 0.05) is 12.8 Å². The number of aldehydes is 1. The quantitative estimate of drug-likeness (QED) is 0.363. The van der Waals surface area contributed by atoms with Gasteiger partial charge in [-0.25, -0.2) is 0 Å². The van der Waals surface area contributed by atoms with Gasteiger partial charge in [0.15, 0.2) is 0 Å². The fourth-order valence-corrected chi connectivity index (χ4v) is 0.337. The molecule has 0 heterocycles. The number of hydrogen-bond acceptors (Lipinski definition) is 2. The molecule has 4 heteroatoms. The summed E-state index contributed by atoms with van der Waals surface area (Å²) in [5.74, 6) is -0.841. The third-order valence-electron chi connectivity index (χ3n) is 0.713. The van der Waals surface area contributed by atoms with E-state index in [1.54, 1.807) is 0 Å². The van der Waals surface area contributed by atoms with Crippen molar-refractivity contribution < 1.29 is 17.5 Å². The third-order valence-corrected chi connectivity index (χ3v) is 0.713. The Morgan fingerprint density at radius 3 is 2.56 bits per heavy atom. The summed E-state index contributed by atoms with van der Waals surface area (Å²) in [4.78, 5) is 19.4. The van der Waals surface area contributed by atoms with Crippen molar-refractivity contribution >= 4 is 50.0 Å². The van der Waals surface area contributed by atoms with Crippen LogP contribution in [0.5, 0.6) is 0 Å². The van der Waals surface area contributed by atoms with Crippen LogP contribution in [0.15, 0.2) is 0 Å². The molecule has 0 unspecified atom stereocenters. The zero-order valence-electron chi connectivity index (χ0n) is 7.17. The Labute approximate surface area is 86.4 Å². The first-order chi connectivity index (χ1) is 3.77. The van der Waals surface area contributed by atoms with E-state index in [0.717, 1.165) is 6.29 Å². The Balaban J connectivity index is -0.0000000817. The van der Waals surface area contributed by atoms with Crippen molar-refractivity contribution in [3.63, 3.8) is 0 Å². The number of carboxylic acids is 1. The van der Waals surface area contributed by atoms with Crippen molar-refractivity contribution in [1.82, 2.24) is 0 Å². The fraction of sp³-hybridized carbons (Fsp3) is 0.600. The molecule has 0 aliphatic rings. The second-order valence-electron chi connectivity index (χ2n) is 1.45. The summed E-state index contributed by atoms with van der Waals surface area (Å²) < 4.78 is 0. The minimum Gasteiger partial charge on any atom is -1.00 e. The number of carboxylic acid groups (broad SMARTS) is 1. The van der Waals surface area contributed by atoms with Crippen LogP contribution in [0.4, 0.5) is 0 Å². The van der Waals surface area contributed by atoms with Gasteiger partial charge in [0.1, 0.15) is 6.29 Å². The van der Waals surface area contributed by atoms with Crippen LogP contribution in [-0.4, -0.2) is 55.1 Å². The molecule has 0 fully saturated rings. The third kappa shape index (κ3) is 11.8. The monoisotopic (exact) mass is 158 g/mol. The number of carbonyl (C=O) groups excluding carboxylic acids is 1. The van der Waals surface area contributed by atoms with Crippen LogP contribution in [0.3, 0.4) is 0 Å². The Hall–Kier alpha value is 0.400. The van der Waals surface area contributed by atoms with Gasteiger partial charge in [0.25, 0.3) is 0 Å². The minimum absolute atomic E-state index is 0. The number of unbranched alkanes of at least 4 members (excludes halogenated alkanes) is 1. The van der Waals surface area contributed by atoms with Crippen LogP contribution < -0.4 is 0 Å². The van der Waals surface area contributed by atoms with Gasteiger partial charge in [-0.2, -0.15) is 0 Å².